The lowest BCUT2D eigenvalue weighted by atomic mass is 10.0. The van der Waals surface area contributed by atoms with Crippen LogP contribution < -0.4 is 0 Å². The molecule has 1 atom stereocenters. The summed E-state index contributed by atoms with van der Waals surface area (Å²) in [5, 5.41) is -0.180. The number of sulfone groups is 1. The van der Waals surface area contributed by atoms with Gasteiger partial charge in [-0.1, -0.05) is 19.8 Å². The monoisotopic (exact) mass is 287 g/mol. The van der Waals surface area contributed by atoms with E-state index in [1.54, 1.807) is 0 Å². The van der Waals surface area contributed by atoms with Crippen molar-refractivity contribution in [3.05, 3.63) is 0 Å². The first-order valence-corrected chi connectivity index (χ1v) is 9.20. The largest absolute Gasteiger partial charge is 0.342 e. The molecule has 1 saturated carbocycles. The summed E-state index contributed by atoms with van der Waals surface area (Å²) in [5.74, 6) is 0.610. The Morgan fingerprint density at radius 3 is 2.47 bits per heavy atom. The molecule has 1 unspecified atom stereocenters. The SMILES string of the molecule is CC1CCCN(C(=O)CCS(=O)(=O)C2CCCC2)C1. The van der Waals surface area contributed by atoms with Gasteiger partial charge < -0.3 is 4.90 Å². The van der Waals surface area contributed by atoms with Crippen molar-refractivity contribution in [1.82, 2.24) is 4.90 Å². The van der Waals surface area contributed by atoms with Crippen LogP contribution >= 0.6 is 0 Å². The number of amides is 1. The van der Waals surface area contributed by atoms with Gasteiger partial charge in [-0.25, -0.2) is 8.42 Å². The fraction of sp³-hybridized carbons (Fsp3) is 0.929. The molecular weight excluding hydrogens is 262 g/mol. The number of carbonyl (C=O) groups excluding carboxylic acids is 1. The van der Waals surface area contributed by atoms with E-state index in [9.17, 15) is 13.2 Å². The highest BCUT2D eigenvalue weighted by molar-refractivity contribution is 7.92. The van der Waals surface area contributed by atoms with Crippen LogP contribution in [0.1, 0.15) is 51.9 Å². The van der Waals surface area contributed by atoms with Crippen molar-refractivity contribution >= 4 is 15.7 Å². The molecule has 2 fully saturated rings. The number of hydrogen-bond donors (Lipinski definition) is 0. The molecule has 0 bridgehead atoms. The lowest BCUT2D eigenvalue weighted by Crippen LogP contribution is -2.40. The maximum atomic E-state index is 12.1. The molecule has 2 rings (SSSR count). The molecule has 0 aromatic heterocycles. The van der Waals surface area contributed by atoms with Crippen molar-refractivity contribution in [2.24, 2.45) is 5.92 Å². The van der Waals surface area contributed by atoms with Crippen LogP contribution in [-0.4, -0.2) is 43.3 Å². The third-order valence-corrected chi connectivity index (χ3v) is 6.68. The number of likely N-dealkylation sites (tertiary alicyclic amines) is 1. The average Bonchev–Trinajstić information content (AvgIpc) is 2.90. The van der Waals surface area contributed by atoms with E-state index in [-0.39, 0.29) is 23.3 Å². The van der Waals surface area contributed by atoms with E-state index in [1.165, 1.54) is 6.42 Å². The first-order chi connectivity index (χ1) is 8.99. The number of nitrogens with zero attached hydrogens (tertiary/aromatic N) is 1. The van der Waals surface area contributed by atoms with Gasteiger partial charge in [0.2, 0.25) is 5.91 Å². The standard InChI is InChI=1S/C14H25NO3S/c1-12-5-4-9-15(11-12)14(16)8-10-19(17,18)13-6-2-3-7-13/h12-13H,2-11H2,1H3. The summed E-state index contributed by atoms with van der Waals surface area (Å²) in [7, 11) is -3.05. The number of carbonyl (C=O) groups is 1. The minimum Gasteiger partial charge on any atom is -0.342 e. The second kappa shape index (κ2) is 6.25. The molecule has 0 aromatic rings. The Hall–Kier alpha value is -0.580. The molecule has 2 aliphatic rings. The fourth-order valence-electron chi connectivity index (χ4n) is 3.22. The Morgan fingerprint density at radius 1 is 1.16 bits per heavy atom. The van der Waals surface area contributed by atoms with E-state index in [2.05, 4.69) is 6.92 Å². The predicted molar refractivity (Wildman–Crippen MR) is 75.6 cm³/mol. The van der Waals surface area contributed by atoms with Gasteiger partial charge in [0.25, 0.3) is 0 Å². The summed E-state index contributed by atoms with van der Waals surface area (Å²) in [6, 6.07) is 0. The van der Waals surface area contributed by atoms with Gasteiger partial charge in [0, 0.05) is 19.5 Å². The topological polar surface area (TPSA) is 54.5 Å². The van der Waals surface area contributed by atoms with Crippen molar-refractivity contribution < 1.29 is 13.2 Å². The maximum Gasteiger partial charge on any atom is 0.223 e. The van der Waals surface area contributed by atoms with Crippen LogP contribution in [0.3, 0.4) is 0 Å². The van der Waals surface area contributed by atoms with E-state index in [0.29, 0.717) is 5.92 Å². The van der Waals surface area contributed by atoms with Gasteiger partial charge in [-0.15, -0.1) is 0 Å². The van der Waals surface area contributed by atoms with E-state index >= 15 is 0 Å². The quantitative estimate of drug-likeness (QED) is 0.794. The molecule has 1 saturated heterocycles. The molecule has 1 heterocycles. The number of rotatable bonds is 4. The Labute approximate surface area is 116 Å². The zero-order valence-corrected chi connectivity index (χ0v) is 12.6. The van der Waals surface area contributed by atoms with Gasteiger partial charge in [-0.05, 0) is 31.6 Å². The molecular formula is C14H25NO3S. The highest BCUT2D eigenvalue weighted by Crippen LogP contribution is 2.25. The molecule has 1 amide bonds. The van der Waals surface area contributed by atoms with Gasteiger partial charge in [-0.3, -0.25) is 4.79 Å². The van der Waals surface area contributed by atoms with Gasteiger partial charge >= 0.3 is 0 Å². The summed E-state index contributed by atoms with van der Waals surface area (Å²) >= 11 is 0. The van der Waals surface area contributed by atoms with Crippen LogP contribution in [0, 0.1) is 5.92 Å². The van der Waals surface area contributed by atoms with Crippen LogP contribution in [0.4, 0.5) is 0 Å². The summed E-state index contributed by atoms with van der Waals surface area (Å²) in [6.07, 6.45) is 6.00. The number of hydrogen-bond acceptors (Lipinski definition) is 3. The van der Waals surface area contributed by atoms with Gasteiger partial charge in [0.15, 0.2) is 9.84 Å². The molecule has 0 N–H and O–H groups in total. The highest BCUT2D eigenvalue weighted by Gasteiger charge is 2.30. The number of piperidine rings is 1. The Bertz CT molecular complexity index is 412. The Kier molecular flexibility index (Phi) is 4.87. The van der Waals surface area contributed by atoms with E-state index in [0.717, 1.165) is 45.2 Å². The molecule has 110 valence electrons. The molecule has 19 heavy (non-hydrogen) atoms. The van der Waals surface area contributed by atoms with Gasteiger partial charge in [-0.2, -0.15) is 0 Å². The van der Waals surface area contributed by atoms with Crippen LogP contribution in [0.25, 0.3) is 0 Å². The molecule has 0 aromatic carbocycles. The highest BCUT2D eigenvalue weighted by atomic mass is 32.2. The average molecular weight is 287 g/mol. The Balaban J connectivity index is 1.82. The van der Waals surface area contributed by atoms with Crippen molar-refractivity contribution in [3.8, 4) is 0 Å². The van der Waals surface area contributed by atoms with E-state index in [1.807, 2.05) is 4.90 Å². The third-order valence-electron chi connectivity index (χ3n) is 4.42. The second-order valence-electron chi connectivity index (χ2n) is 6.11. The smallest absolute Gasteiger partial charge is 0.223 e. The van der Waals surface area contributed by atoms with Crippen LogP contribution in [0.5, 0.6) is 0 Å². The predicted octanol–water partition coefficient (Wildman–Crippen LogP) is 1.99. The second-order valence-corrected chi connectivity index (χ2v) is 8.51. The van der Waals surface area contributed by atoms with Crippen molar-refractivity contribution in [1.29, 1.82) is 0 Å². The minimum absolute atomic E-state index is 0.0214. The molecule has 5 heteroatoms. The molecule has 0 radical (unpaired) electrons. The van der Waals surface area contributed by atoms with Gasteiger partial charge in [0.1, 0.15) is 0 Å². The molecule has 0 spiro atoms. The Morgan fingerprint density at radius 2 is 1.84 bits per heavy atom. The summed E-state index contributed by atoms with van der Waals surface area (Å²) < 4.78 is 24.2. The zero-order valence-electron chi connectivity index (χ0n) is 11.8. The lowest BCUT2D eigenvalue weighted by molar-refractivity contribution is -0.132. The van der Waals surface area contributed by atoms with E-state index < -0.39 is 9.84 Å². The summed E-state index contributed by atoms with van der Waals surface area (Å²) in [4.78, 5) is 13.9. The van der Waals surface area contributed by atoms with Crippen LogP contribution in [0.2, 0.25) is 0 Å². The minimum atomic E-state index is -3.05. The first-order valence-electron chi connectivity index (χ1n) is 7.48. The van der Waals surface area contributed by atoms with Crippen LogP contribution in [0.15, 0.2) is 0 Å². The summed E-state index contributed by atoms with van der Waals surface area (Å²) in [6.45, 7) is 3.74. The summed E-state index contributed by atoms with van der Waals surface area (Å²) in [5.41, 5.74) is 0. The maximum absolute atomic E-state index is 12.1. The molecule has 4 nitrogen and oxygen atoms in total. The van der Waals surface area contributed by atoms with Crippen molar-refractivity contribution in [3.63, 3.8) is 0 Å². The third kappa shape index (κ3) is 3.94. The van der Waals surface area contributed by atoms with Crippen LogP contribution in [-0.2, 0) is 14.6 Å². The lowest BCUT2D eigenvalue weighted by Gasteiger charge is -2.31. The zero-order chi connectivity index (χ0) is 13.9. The van der Waals surface area contributed by atoms with Gasteiger partial charge in [0.05, 0.1) is 11.0 Å². The molecule has 1 aliphatic heterocycles. The molecule has 1 aliphatic carbocycles. The fourth-order valence-corrected chi connectivity index (χ4v) is 5.06. The first kappa shape index (κ1) is 14.8. The van der Waals surface area contributed by atoms with Crippen molar-refractivity contribution in [2.45, 2.75) is 57.1 Å². The normalized spacial score (nSPS) is 25.7. The van der Waals surface area contributed by atoms with Crippen molar-refractivity contribution in [2.75, 3.05) is 18.8 Å². The van der Waals surface area contributed by atoms with E-state index in [4.69, 9.17) is 0 Å².